The Hall–Kier alpha value is -2.16. The molecule has 7 nitrogen and oxygen atoms in total. The first kappa shape index (κ1) is 23.5. The smallest absolute Gasteiger partial charge is 0.177 e. The molecule has 2 aromatic rings. The number of nitrogens with one attached hydrogen (secondary N) is 1. The Labute approximate surface area is 189 Å². The third-order valence-electron chi connectivity index (χ3n) is 5.54. The standard InChI is InChI=1S/C22H30ClN3O4S/c1-15(18-12-16(23)13-20(29-3)22(18)30-4)24-19-14-17(6-7-21(19)31(5,27)28)26-10-8-25(2)9-11-26/h6-7,12-15,24H,8-11H2,1-5H3. The van der Waals surface area contributed by atoms with Gasteiger partial charge in [0, 0.05) is 54.8 Å². The first-order chi connectivity index (χ1) is 14.6. The average molecular weight is 468 g/mol. The molecule has 2 aromatic carbocycles. The highest BCUT2D eigenvalue weighted by Crippen LogP contribution is 2.39. The summed E-state index contributed by atoms with van der Waals surface area (Å²) in [6.07, 6.45) is 1.22. The van der Waals surface area contributed by atoms with Gasteiger partial charge in [-0.15, -0.1) is 0 Å². The lowest BCUT2D eigenvalue weighted by molar-refractivity contribution is 0.313. The zero-order valence-corrected chi connectivity index (χ0v) is 20.2. The van der Waals surface area contributed by atoms with Crippen molar-refractivity contribution in [3.05, 3.63) is 40.9 Å². The molecule has 0 amide bonds. The van der Waals surface area contributed by atoms with E-state index in [2.05, 4.69) is 22.2 Å². The van der Waals surface area contributed by atoms with E-state index in [0.717, 1.165) is 37.4 Å². The summed E-state index contributed by atoms with van der Waals surface area (Å²) in [4.78, 5) is 4.80. The van der Waals surface area contributed by atoms with Crippen molar-refractivity contribution in [3.63, 3.8) is 0 Å². The molecule has 1 aliphatic rings. The van der Waals surface area contributed by atoms with Crippen molar-refractivity contribution in [2.24, 2.45) is 0 Å². The Kier molecular flexibility index (Phi) is 7.24. The molecule has 1 heterocycles. The van der Waals surface area contributed by atoms with E-state index in [4.69, 9.17) is 21.1 Å². The van der Waals surface area contributed by atoms with Gasteiger partial charge >= 0.3 is 0 Å². The number of methoxy groups -OCH3 is 2. The van der Waals surface area contributed by atoms with Gasteiger partial charge in [-0.05, 0) is 38.2 Å². The highest BCUT2D eigenvalue weighted by atomic mass is 35.5. The Bertz CT molecular complexity index is 1040. The summed E-state index contributed by atoms with van der Waals surface area (Å²) in [5.41, 5.74) is 2.31. The lowest BCUT2D eigenvalue weighted by atomic mass is 10.1. The molecule has 31 heavy (non-hydrogen) atoms. The topological polar surface area (TPSA) is 71.1 Å². The number of anilines is 2. The highest BCUT2D eigenvalue weighted by molar-refractivity contribution is 7.90. The predicted octanol–water partition coefficient (Wildman–Crippen LogP) is 3.69. The van der Waals surface area contributed by atoms with E-state index < -0.39 is 9.84 Å². The fourth-order valence-corrected chi connectivity index (χ4v) is 4.86. The quantitative estimate of drug-likeness (QED) is 0.665. The van der Waals surface area contributed by atoms with Crippen molar-refractivity contribution in [1.82, 2.24) is 4.90 Å². The van der Waals surface area contributed by atoms with Gasteiger partial charge < -0.3 is 24.6 Å². The van der Waals surface area contributed by atoms with Crippen molar-refractivity contribution in [2.45, 2.75) is 17.9 Å². The van der Waals surface area contributed by atoms with E-state index >= 15 is 0 Å². The summed E-state index contributed by atoms with van der Waals surface area (Å²) < 4.78 is 35.9. The lowest BCUT2D eigenvalue weighted by Gasteiger charge is -2.34. The molecule has 0 bridgehead atoms. The second kappa shape index (κ2) is 9.54. The minimum atomic E-state index is -3.43. The van der Waals surface area contributed by atoms with Gasteiger partial charge in [-0.3, -0.25) is 0 Å². The van der Waals surface area contributed by atoms with Crippen molar-refractivity contribution >= 4 is 32.8 Å². The molecule has 0 saturated carbocycles. The molecule has 0 aromatic heterocycles. The van der Waals surface area contributed by atoms with Gasteiger partial charge in [-0.25, -0.2) is 8.42 Å². The molecule has 1 atom stereocenters. The minimum absolute atomic E-state index is 0.255. The number of nitrogens with zero attached hydrogens (tertiary/aromatic N) is 2. The number of rotatable bonds is 7. The maximum absolute atomic E-state index is 12.5. The predicted molar refractivity (Wildman–Crippen MR) is 126 cm³/mol. The van der Waals surface area contributed by atoms with Gasteiger partial charge in [0.1, 0.15) is 0 Å². The van der Waals surface area contributed by atoms with Gasteiger partial charge in [0.15, 0.2) is 21.3 Å². The number of likely N-dealkylation sites (N-methyl/N-ethyl adjacent to an activating group) is 1. The maximum atomic E-state index is 12.5. The highest BCUT2D eigenvalue weighted by Gasteiger charge is 2.22. The van der Waals surface area contributed by atoms with Crippen LogP contribution >= 0.6 is 11.6 Å². The molecule has 170 valence electrons. The van der Waals surface area contributed by atoms with Crippen LogP contribution in [0, 0.1) is 0 Å². The molecule has 1 unspecified atom stereocenters. The summed E-state index contributed by atoms with van der Waals surface area (Å²) in [5, 5.41) is 3.87. The van der Waals surface area contributed by atoms with Gasteiger partial charge in [-0.2, -0.15) is 0 Å². The van der Waals surface area contributed by atoms with Crippen LogP contribution in [0.3, 0.4) is 0 Å². The molecule has 0 aliphatic carbocycles. The summed E-state index contributed by atoms with van der Waals surface area (Å²) >= 11 is 6.28. The van der Waals surface area contributed by atoms with E-state index in [9.17, 15) is 8.42 Å². The van der Waals surface area contributed by atoms with Crippen LogP contribution in [-0.4, -0.2) is 67.0 Å². The van der Waals surface area contributed by atoms with Crippen LogP contribution in [0.4, 0.5) is 11.4 Å². The zero-order valence-electron chi connectivity index (χ0n) is 18.6. The zero-order chi connectivity index (χ0) is 22.8. The second-order valence-electron chi connectivity index (χ2n) is 7.84. The number of ether oxygens (including phenoxy) is 2. The number of sulfone groups is 1. The van der Waals surface area contributed by atoms with E-state index in [1.54, 1.807) is 32.4 Å². The monoisotopic (exact) mass is 467 g/mol. The number of piperazine rings is 1. The normalized spacial score (nSPS) is 16.1. The summed E-state index contributed by atoms with van der Waals surface area (Å²) in [6, 6.07) is 8.66. The van der Waals surface area contributed by atoms with Crippen molar-refractivity contribution in [1.29, 1.82) is 0 Å². The summed E-state index contributed by atoms with van der Waals surface area (Å²) in [7, 11) is 1.80. The third kappa shape index (κ3) is 5.37. The molecule has 1 saturated heterocycles. The van der Waals surface area contributed by atoms with Crippen LogP contribution in [0.5, 0.6) is 11.5 Å². The molecule has 0 spiro atoms. The number of halogens is 1. The summed E-state index contributed by atoms with van der Waals surface area (Å²) in [6.45, 7) is 5.65. The summed E-state index contributed by atoms with van der Waals surface area (Å²) in [5.74, 6) is 1.08. The molecule has 3 rings (SSSR count). The molecule has 1 fully saturated rings. The van der Waals surface area contributed by atoms with Crippen LogP contribution in [-0.2, 0) is 9.84 Å². The van der Waals surface area contributed by atoms with Crippen molar-refractivity contribution in [2.75, 3.05) is 63.9 Å². The van der Waals surface area contributed by atoms with E-state index in [0.29, 0.717) is 22.2 Å². The fraction of sp³-hybridized carbons (Fsp3) is 0.455. The molecule has 1 aliphatic heterocycles. The largest absolute Gasteiger partial charge is 0.493 e. The fourth-order valence-electron chi connectivity index (χ4n) is 3.81. The molecule has 0 radical (unpaired) electrons. The average Bonchev–Trinajstić information content (AvgIpc) is 2.72. The Morgan fingerprint density at radius 1 is 1.06 bits per heavy atom. The maximum Gasteiger partial charge on any atom is 0.177 e. The Balaban J connectivity index is 1.99. The first-order valence-electron chi connectivity index (χ1n) is 10.1. The second-order valence-corrected chi connectivity index (χ2v) is 10.3. The molecular formula is C22H30ClN3O4S. The minimum Gasteiger partial charge on any atom is -0.493 e. The number of hydrogen-bond donors (Lipinski definition) is 1. The van der Waals surface area contributed by atoms with Gasteiger partial charge in [0.05, 0.1) is 30.8 Å². The van der Waals surface area contributed by atoms with Gasteiger partial charge in [0.25, 0.3) is 0 Å². The SMILES string of the molecule is COc1cc(Cl)cc(C(C)Nc2cc(N3CCN(C)CC3)ccc2S(C)(=O)=O)c1OC. The number of benzene rings is 2. The first-order valence-corrected chi connectivity index (χ1v) is 12.4. The number of hydrogen-bond acceptors (Lipinski definition) is 7. The van der Waals surface area contributed by atoms with E-state index in [-0.39, 0.29) is 10.9 Å². The van der Waals surface area contributed by atoms with Crippen LogP contribution in [0.1, 0.15) is 18.5 Å². The van der Waals surface area contributed by atoms with Gasteiger partial charge in [0.2, 0.25) is 0 Å². The van der Waals surface area contributed by atoms with E-state index in [1.807, 2.05) is 19.1 Å². The molecular weight excluding hydrogens is 438 g/mol. The van der Waals surface area contributed by atoms with Crippen LogP contribution in [0.2, 0.25) is 5.02 Å². The van der Waals surface area contributed by atoms with Crippen molar-refractivity contribution in [3.8, 4) is 11.5 Å². The Morgan fingerprint density at radius 3 is 2.32 bits per heavy atom. The van der Waals surface area contributed by atoms with Crippen LogP contribution < -0.4 is 19.7 Å². The molecule has 9 heteroatoms. The van der Waals surface area contributed by atoms with Crippen LogP contribution in [0.15, 0.2) is 35.2 Å². The van der Waals surface area contributed by atoms with Crippen molar-refractivity contribution < 1.29 is 17.9 Å². The third-order valence-corrected chi connectivity index (χ3v) is 6.92. The molecule has 1 N–H and O–H groups in total. The lowest BCUT2D eigenvalue weighted by Crippen LogP contribution is -2.44. The Morgan fingerprint density at radius 2 is 1.74 bits per heavy atom. The van der Waals surface area contributed by atoms with Crippen LogP contribution in [0.25, 0.3) is 0 Å². The van der Waals surface area contributed by atoms with E-state index in [1.165, 1.54) is 6.26 Å². The van der Waals surface area contributed by atoms with Gasteiger partial charge in [-0.1, -0.05) is 11.6 Å².